The fourth-order valence-electron chi connectivity index (χ4n) is 2.37. The molecule has 0 amide bonds. The van der Waals surface area contributed by atoms with Crippen LogP contribution in [-0.2, 0) is 0 Å². The third-order valence-electron chi connectivity index (χ3n) is 3.48. The van der Waals surface area contributed by atoms with Crippen molar-refractivity contribution in [3.8, 4) is 11.1 Å². The zero-order valence-corrected chi connectivity index (χ0v) is 10.8. The molecule has 0 bridgehead atoms. The van der Waals surface area contributed by atoms with E-state index in [1.807, 2.05) is 0 Å². The van der Waals surface area contributed by atoms with Gasteiger partial charge in [-0.15, -0.1) is 0 Å². The predicted molar refractivity (Wildman–Crippen MR) is 78.9 cm³/mol. The first-order chi connectivity index (χ1) is 8.74. The molecule has 0 nitrogen and oxygen atoms in total. The standard InChI is InChI=1S/C18H16/c1-13-6-8-15(9-7-13)16-10-11-18-14(2)4-3-5-17(18)12-16/h3-12H,1-2H3. The maximum absolute atomic E-state index is 2.27. The van der Waals surface area contributed by atoms with Gasteiger partial charge in [0.25, 0.3) is 0 Å². The van der Waals surface area contributed by atoms with Crippen molar-refractivity contribution in [2.75, 3.05) is 0 Å². The van der Waals surface area contributed by atoms with Gasteiger partial charge in [0.2, 0.25) is 0 Å². The van der Waals surface area contributed by atoms with Crippen molar-refractivity contribution in [2.45, 2.75) is 13.8 Å². The molecule has 3 aromatic rings. The predicted octanol–water partition coefficient (Wildman–Crippen LogP) is 5.12. The molecule has 0 aromatic heterocycles. The first kappa shape index (κ1) is 11.0. The monoisotopic (exact) mass is 232 g/mol. The smallest absolute Gasteiger partial charge is 0.0154 e. The lowest BCUT2D eigenvalue weighted by Gasteiger charge is -2.06. The highest BCUT2D eigenvalue weighted by Crippen LogP contribution is 2.26. The molecular formula is C18H16. The lowest BCUT2D eigenvalue weighted by atomic mass is 9.98. The third kappa shape index (κ3) is 1.91. The third-order valence-corrected chi connectivity index (χ3v) is 3.48. The molecule has 0 fully saturated rings. The van der Waals surface area contributed by atoms with Crippen molar-refractivity contribution in [2.24, 2.45) is 0 Å². The minimum absolute atomic E-state index is 1.28. The van der Waals surface area contributed by atoms with E-state index >= 15 is 0 Å². The summed E-state index contributed by atoms with van der Waals surface area (Å²) in [6.45, 7) is 4.28. The Balaban J connectivity index is 2.16. The molecule has 0 saturated heterocycles. The Morgan fingerprint density at radius 2 is 1.39 bits per heavy atom. The molecular weight excluding hydrogens is 216 g/mol. The van der Waals surface area contributed by atoms with Crippen LogP contribution in [0.5, 0.6) is 0 Å². The van der Waals surface area contributed by atoms with Gasteiger partial charge < -0.3 is 0 Å². The molecule has 0 atom stereocenters. The molecule has 18 heavy (non-hydrogen) atoms. The van der Waals surface area contributed by atoms with Crippen LogP contribution in [0.1, 0.15) is 11.1 Å². The topological polar surface area (TPSA) is 0 Å². The van der Waals surface area contributed by atoms with Crippen molar-refractivity contribution < 1.29 is 0 Å². The quantitative estimate of drug-likeness (QED) is 0.546. The zero-order chi connectivity index (χ0) is 12.5. The highest BCUT2D eigenvalue weighted by atomic mass is 14.1. The Hall–Kier alpha value is -2.08. The maximum Gasteiger partial charge on any atom is -0.0154 e. The maximum atomic E-state index is 2.27. The normalized spacial score (nSPS) is 10.8. The molecule has 0 aliphatic carbocycles. The second-order valence-electron chi connectivity index (χ2n) is 4.88. The van der Waals surface area contributed by atoms with Gasteiger partial charge >= 0.3 is 0 Å². The van der Waals surface area contributed by atoms with E-state index in [4.69, 9.17) is 0 Å². The second-order valence-corrected chi connectivity index (χ2v) is 4.88. The number of benzene rings is 3. The van der Waals surface area contributed by atoms with Crippen LogP contribution in [-0.4, -0.2) is 0 Å². The van der Waals surface area contributed by atoms with E-state index in [9.17, 15) is 0 Å². The zero-order valence-electron chi connectivity index (χ0n) is 10.8. The van der Waals surface area contributed by atoms with E-state index in [0.29, 0.717) is 0 Å². The Morgan fingerprint density at radius 1 is 0.667 bits per heavy atom. The molecule has 3 aromatic carbocycles. The van der Waals surface area contributed by atoms with Crippen LogP contribution in [0, 0.1) is 13.8 Å². The summed E-state index contributed by atoms with van der Waals surface area (Å²) < 4.78 is 0. The lowest BCUT2D eigenvalue weighted by molar-refractivity contribution is 1.47. The van der Waals surface area contributed by atoms with Crippen LogP contribution in [0.25, 0.3) is 21.9 Å². The van der Waals surface area contributed by atoms with Gasteiger partial charge in [0.05, 0.1) is 0 Å². The summed E-state index contributed by atoms with van der Waals surface area (Å²) in [6.07, 6.45) is 0. The SMILES string of the molecule is Cc1ccc(-c2ccc3c(C)cccc3c2)cc1. The Kier molecular flexibility index (Phi) is 2.64. The van der Waals surface area contributed by atoms with Gasteiger partial charge in [-0.3, -0.25) is 0 Å². The first-order valence-corrected chi connectivity index (χ1v) is 6.30. The molecule has 0 saturated carbocycles. The van der Waals surface area contributed by atoms with Crippen LogP contribution >= 0.6 is 0 Å². The summed E-state index contributed by atoms with van der Waals surface area (Å²) in [5, 5.41) is 2.65. The molecule has 0 heteroatoms. The van der Waals surface area contributed by atoms with Gasteiger partial charge in [0.15, 0.2) is 0 Å². The largest absolute Gasteiger partial charge is 0.0614 e. The Labute approximate surface area is 108 Å². The average molecular weight is 232 g/mol. The molecule has 0 heterocycles. The van der Waals surface area contributed by atoms with Crippen molar-refractivity contribution in [1.29, 1.82) is 0 Å². The number of rotatable bonds is 1. The molecule has 0 unspecified atom stereocenters. The van der Waals surface area contributed by atoms with E-state index in [2.05, 4.69) is 74.5 Å². The summed E-state index contributed by atoms with van der Waals surface area (Å²) in [5.41, 5.74) is 5.20. The van der Waals surface area contributed by atoms with Crippen LogP contribution in [0.3, 0.4) is 0 Å². The second kappa shape index (κ2) is 4.30. The molecule has 88 valence electrons. The molecule has 0 spiro atoms. The molecule has 3 rings (SSSR count). The van der Waals surface area contributed by atoms with E-state index in [-0.39, 0.29) is 0 Å². The number of fused-ring (bicyclic) bond motifs is 1. The van der Waals surface area contributed by atoms with E-state index < -0.39 is 0 Å². The van der Waals surface area contributed by atoms with Gasteiger partial charge in [-0.1, -0.05) is 60.2 Å². The van der Waals surface area contributed by atoms with Crippen LogP contribution in [0.4, 0.5) is 0 Å². The number of aryl methyl sites for hydroxylation is 2. The Morgan fingerprint density at radius 3 is 2.17 bits per heavy atom. The number of hydrogen-bond acceptors (Lipinski definition) is 0. The van der Waals surface area contributed by atoms with Gasteiger partial charge in [0.1, 0.15) is 0 Å². The van der Waals surface area contributed by atoms with Crippen molar-refractivity contribution in [1.82, 2.24) is 0 Å². The first-order valence-electron chi connectivity index (χ1n) is 6.30. The van der Waals surface area contributed by atoms with Crippen LogP contribution in [0.15, 0.2) is 60.7 Å². The summed E-state index contributed by atoms with van der Waals surface area (Å²) in [7, 11) is 0. The van der Waals surface area contributed by atoms with Gasteiger partial charge in [-0.2, -0.15) is 0 Å². The number of hydrogen-bond donors (Lipinski definition) is 0. The minimum atomic E-state index is 1.28. The molecule has 0 radical (unpaired) electrons. The molecule has 0 N–H and O–H groups in total. The fourth-order valence-corrected chi connectivity index (χ4v) is 2.37. The molecule has 0 aliphatic rings. The van der Waals surface area contributed by atoms with Crippen molar-refractivity contribution in [3.05, 3.63) is 71.8 Å². The summed E-state index contributed by atoms with van der Waals surface area (Å²) in [4.78, 5) is 0. The van der Waals surface area contributed by atoms with E-state index in [0.717, 1.165) is 0 Å². The van der Waals surface area contributed by atoms with Crippen molar-refractivity contribution in [3.63, 3.8) is 0 Å². The van der Waals surface area contributed by atoms with Crippen LogP contribution in [0.2, 0.25) is 0 Å². The van der Waals surface area contributed by atoms with E-state index in [1.165, 1.54) is 33.0 Å². The fraction of sp³-hybridized carbons (Fsp3) is 0.111. The van der Waals surface area contributed by atoms with Gasteiger partial charge in [-0.05, 0) is 47.4 Å². The van der Waals surface area contributed by atoms with Gasteiger partial charge in [-0.25, -0.2) is 0 Å². The van der Waals surface area contributed by atoms with Crippen LogP contribution < -0.4 is 0 Å². The van der Waals surface area contributed by atoms with E-state index in [1.54, 1.807) is 0 Å². The highest BCUT2D eigenvalue weighted by Gasteiger charge is 2.01. The lowest BCUT2D eigenvalue weighted by Crippen LogP contribution is -1.82. The Bertz CT molecular complexity index is 691. The average Bonchev–Trinajstić information content (AvgIpc) is 2.39. The minimum Gasteiger partial charge on any atom is -0.0614 e. The van der Waals surface area contributed by atoms with Crippen molar-refractivity contribution >= 4 is 10.8 Å². The van der Waals surface area contributed by atoms with Gasteiger partial charge in [0, 0.05) is 0 Å². The summed E-state index contributed by atoms with van der Waals surface area (Å²) in [5.74, 6) is 0. The highest BCUT2D eigenvalue weighted by molar-refractivity contribution is 5.89. The molecule has 0 aliphatic heterocycles. The summed E-state index contributed by atoms with van der Waals surface area (Å²) >= 11 is 0. The summed E-state index contributed by atoms with van der Waals surface area (Å²) in [6, 6.07) is 21.9.